The van der Waals surface area contributed by atoms with Crippen molar-refractivity contribution >= 4 is 11.5 Å². The molecule has 1 saturated heterocycles. The monoisotopic (exact) mass is 374 g/mol. The molecule has 1 atom stereocenters. The van der Waals surface area contributed by atoms with Crippen molar-refractivity contribution in [2.75, 3.05) is 25.5 Å². The molecule has 1 fully saturated rings. The van der Waals surface area contributed by atoms with E-state index in [1.165, 1.54) is 17.7 Å². The molecule has 142 valence electrons. The van der Waals surface area contributed by atoms with Gasteiger partial charge < -0.3 is 15.4 Å². The minimum Gasteiger partial charge on any atom is -0.494 e. The van der Waals surface area contributed by atoms with Gasteiger partial charge in [0.05, 0.1) is 19.0 Å². The van der Waals surface area contributed by atoms with Crippen molar-refractivity contribution in [2.45, 2.75) is 25.3 Å². The third-order valence-corrected chi connectivity index (χ3v) is 4.57. The van der Waals surface area contributed by atoms with Crippen molar-refractivity contribution in [3.05, 3.63) is 36.2 Å². The van der Waals surface area contributed by atoms with Gasteiger partial charge >= 0.3 is 0 Å². The van der Waals surface area contributed by atoms with Gasteiger partial charge in [0.25, 0.3) is 6.43 Å². The number of piperidine rings is 1. The van der Waals surface area contributed by atoms with Crippen LogP contribution in [0.3, 0.4) is 0 Å². The Balaban J connectivity index is 1.69. The average molecular weight is 374 g/mol. The Morgan fingerprint density at radius 1 is 1.37 bits per heavy atom. The van der Waals surface area contributed by atoms with Gasteiger partial charge in [-0.05, 0) is 31.5 Å². The number of methoxy groups -OCH3 is 1. The molecule has 0 radical (unpaired) electrons. The van der Waals surface area contributed by atoms with Crippen LogP contribution in [0.4, 0.5) is 14.6 Å². The number of aromatic nitrogens is 4. The quantitative estimate of drug-likeness (QED) is 0.715. The van der Waals surface area contributed by atoms with Crippen LogP contribution in [0, 0.1) is 0 Å². The maximum Gasteiger partial charge on any atom is 0.285 e. The fraction of sp³-hybridized carbons (Fsp3) is 0.389. The van der Waals surface area contributed by atoms with E-state index in [0.29, 0.717) is 23.1 Å². The van der Waals surface area contributed by atoms with Gasteiger partial charge in [0.2, 0.25) is 0 Å². The summed E-state index contributed by atoms with van der Waals surface area (Å²) in [7, 11) is 1.33. The summed E-state index contributed by atoms with van der Waals surface area (Å²) in [6.07, 6.45) is 1.02. The number of imidazole rings is 1. The summed E-state index contributed by atoms with van der Waals surface area (Å²) in [5.74, 6) is 0.751. The molecule has 1 aliphatic rings. The van der Waals surface area contributed by atoms with E-state index in [2.05, 4.69) is 25.7 Å². The van der Waals surface area contributed by atoms with Crippen LogP contribution in [-0.4, -0.2) is 45.8 Å². The largest absolute Gasteiger partial charge is 0.494 e. The summed E-state index contributed by atoms with van der Waals surface area (Å²) >= 11 is 0. The van der Waals surface area contributed by atoms with Crippen LogP contribution < -0.4 is 15.4 Å². The first-order valence-electron chi connectivity index (χ1n) is 8.81. The van der Waals surface area contributed by atoms with Crippen LogP contribution in [-0.2, 0) is 0 Å². The van der Waals surface area contributed by atoms with Crippen molar-refractivity contribution < 1.29 is 13.5 Å². The zero-order valence-electron chi connectivity index (χ0n) is 14.8. The van der Waals surface area contributed by atoms with Gasteiger partial charge in [0, 0.05) is 18.7 Å². The second-order valence-electron chi connectivity index (χ2n) is 6.41. The van der Waals surface area contributed by atoms with Crippen LogP contribution in [0.2, 0.25) is 0 Å². The Bertz CT molecular complexity index is 939. The fourth-order valence-electron chi connectivity index (χ4n) is 3.24. The van der Waals surface area contributed by atoms with Crippen molar-refractivity contribution in [2.24, 2.45) is 0 Å². The molecule has 0 aliphatic carbocycles. The van der Waals surface area contributed by atoms with Crippen LogP contribution in [0.15, 0.2) is 30.5 Å². The molecule has 2 N–H and O–H groups in total. The van der Waals surface area contributed by atoms with E-state index in [-0.39, 0.29) is 5.75 Å². The van der Waals surface area contributed by atoms with Crippen LogP contribution in [0.5, 0.6) is 5.75 Å². The highest BCUT2D eigenvalue weighted by Gasteiger charge is 2.20. The number of alkyl halides is 2. The van der Waals surface area contributed by atoms with Gasteiger partial charge in [-0.1, -0.05) is 6.07 Å². The smallest absolute Gasteiger partial charge is 0.285 e. The lowest BCUT2D eigenvalue weighted by Crippen LogP contribution is -2.38. The number of rotatable bonds is 5. The lowest BCUT2D eigenvalue weighted by molar-refractivity contribution is 0.139. The van der Waals surface area contributed by atoms with E-state index in [9.17, 15) is 8.78 Å². The van der Waals surface area contributed by atoms with Crippen molar-refractivity contribution in [1.29, 1.82) is 0 Å². The molecule has 0 aromatic carbocycles. The minimum atomic E-state index is -2.75. The zero-order chi connectivity index (χ0) is 18.8. The van der Waals surface area contributed by atoms with Gasteiger partial charge in [0.15, 0.2) is 17.1 Å². The Hall–Kier alpha value is -2.81. The third-order valence-electron chi connectivity index (χ3n) is 4.57. The maximum atomic E-state index is 13.3. The standard InChI is InChI=1S/C18H20F2N6O/c1-27-14-8-16-22-10-13(26(16)25-17(14)18(19)20)12-5-2-6-15(24-12)23-11-4-3-7-21-9-11/h2,5-6,8,10-11,18,21H,3-4,7,9H2,1H3,(H,23,24). The second-order valence-corrected chi connectivity index (χ2v) is 6.41. The van der Waals surface area contributed by atoms with E-state index in [1.807, 2.05) is 18.2 Å². The number of ether oxygens (including phenoxy) is 1. The van der Waals surface area contributed by atoms with Crippen LogP contribution in [0.25, 0.3) is 17.0 Å². The molecule has 0 saturated carbocycles. The Kier molecular flexibility index (Phi) is 4.85. The number of hydrogen-bond acceptors (Lipinski definition) is 6. The summed E-state index contributed by atoms with van der Waals surface area (Å²) in [5, 5.41) is 10.8. The van der Waals surface area contributed by atoms with Gasteiger partial charge in [-0.15, -0.1) is 0 Å². The Morgan fingerprint density at radius 2 is 2.26 bits per heavy atom. The highest BCUT2D eigenvalue weighted by Crippen LogP contribution is 2.29. The summed E-state index contributed by atoms with van der Waals surface area (Å²) in [6, 6.07) is 7.34. The SMILES string of the molecule is COc1cc2ncc(-c3cccc(NC4CCCNC4)n3)n2nc1C(F)F. The molecule has 0 spiro atoms. The van der Waals surface area contributed by atoms with Crippen molar-refractivity contribution in [3.63, 3.8) is 0 Å². The van der Waals surface area contributed by atoms with E-state index < -0.39 is 12.1 Å². The van der Waals surface area contributed by atoms with Crippen LogP contribution >= 0.6 is 0 Å². The second kappa shape index (κ2) is 7.43. The van der Waals surface area contributed by atoms with Gasteiger partial charge in [-0.2, -0.15) is 5.10 Å². The van der Waals surface area contributed by atoms with Crippen LogP contribution in [0.1, 0.15) is 25.0 Å². The molecule has 0 amide bonds. The van der Waals surface area contributed by atoms with E-state index in [0.717, 1.165) is 31.7 Å². The molecular weight excluding hydrogens is 354 g/mol. The maximum absolute atomic E-state index is 13.3. The number of fused-ring (bicyclic) bond motifs is 1. The predicted octanol–water partition coefficient (Wildman–Crippen LogP) is 2.90. The minimum absolute atomic E-state index is 0.0165. The highest BCUT2D eigenvalue weighted by molar-refractivity contribution is 5.62. The van der Waals surface area contributed by atoms with Gasteiger partial charge in [0.1, 0.15) is 11.5 Å². The number of anilines is 1. The number of halogens is 2. The first-order valence-corrected chi connectivity index (χ1v) is 8.81. The zero-order valence-corrected chi connectivity index (χ0v) is 14.8. The summed E-state index contributed by atoms with van der Waals surface area (Å²) in [6.45, 7) is 1.93. The molecule has 9 heteroatoms. The normalized spacial score (nSPS) is 17.4. The molecule has 7 nitrogen and oxygen atoms in total. The van der Waals surface area contributed by atoms with Gasteiger partial charge in [-0.3, -0.25) is 0 Å². The first-order chi connectivity index (χ1) is 13.2. The van der Waals surface area contributed by atoms with Crippen molar-refractivity contribution in [1.82, 2.24) is 24.9 Å². The number of pyridine rings is 1. The molecule has 0 bridgehead atoms. The molecular formula is C18H20F2N6O. The molecule has 3 aromatic rings. The lowest BCUT2D eigenvalue weighted by Gasteiger charge is -2.24. The van der Waals surface area contributed by atoms with Gasteiger partial charge in [-0.25, -0.2) is 23.3 Å². The molecule has 1 aliphatic heterocycles. The lowest BCUT2D eigenvalue weighted by atomic mass is 10.1. The molecule has 3 aromatic heterocycles. The summed E-state index contributed by atoms with van der Waals surface area (Å²) < 4.78 is 33.0. The molecule has 1 unspecified atom stereocenters. The number of nitrogens with one attached hydrogen (secondary N) is 2. The predicted molar refractivity (Wildman–Crippen MR) is 97.2 cm³/mol. The Labute approximate surface area is 154 Å². The third kappa shape index (κ3) is 3.55. The molecule has 27 heavy (non-hydrogen) atoms. The molecule has 4 rings (SSSR count). The topological polar surface area (TPSA) is 76.4 Å². The Morgan fingerprint density at radius 3 is 3.00 bits per heavy atom. The van der Waals surface area contributed by atoms with Crippen molar-refractivity contribution in [3.8, 4) is 17.1 Å². The first kappa shape index (κ1) is 17.6. The number of hydrogen-bond donors (Lipinski definition) is 2. The fourth-order valence-corrected chi connectivity index (χ4v) is 3.24. The number of nitrogens with zero attached hydrogens (tertiary/aromatic N) is 4. The van der Waals surface area contributed by atoms with E-state index in [1.54, 1.807) is 6.20 Å². The summed E-state index contributed by atoms with van der Waals surface area (Å²) in [4.78, 5) is 8.87. The average Bonchev–Trinajstić information content (AvgIpc) is 3.11. The van der Waals surface area contributed by atoms with E-state index >= 15 is 0 Å². The van der Waals surface area contributed by atoms with E-state index in [4.69, 9.17) is 4.74 Å². The summed E-state index contributed by atoms with van der Waals surface area (Å²) in [5.41, 5.74) is 1.14. The highest BCUT2D eigenvalue weighted by atomic mass is 19.3. The molecule has 4 heterocycles.